The molecule has 1 heterocycles. The molecule has 4 heteroatoms. The first kappa shape index (κ1) is 12.9. The number of fused-ring (bicyclic) bond motifs is 1. The summed E-state index contributed by atoms with van der Waals surface area (Å²) in [7, 11) is 1.70. The fourth-order valence-electron chi connectivity index (χ4n) is 2.36. The summed E-state index contributed by atoms with van der Waals surface area (Å²) < 4.78 is 12.4. The van der Waals surface area contributed by atoms with Gasteiger partial charge in [-0.1, -0.05) is 22.9 Å². The normalized spacial score (nSPS) is 27.4. The quantitative estimate of drug-likeness (QED) is 0.933. The second kappa shape index (κ2) is 4.96. The molecule has 0 aliphatic carbocycles. The Morgan fingerprint density at radius 1 is 1.59 bits per heavy atom. The van der Waals surface area contributed by atoms with E-state index in [2.05, 4.69) is 22.9 Å². The van der Waals surface area contributed by atoms with Crippen LogP contribution in [0.15, 0.2) is 22.7 Å². The highest BCUT2D eigenvalue weighted by molar-refractivity contribution is 9.10. The van der Waals surface area contributed by atoms with Crippen LogP contribution in [0, 0.1) is 0 Å². The molecule has 0 bridgehead atoms. The number of ether oxygens (including phenoxy) is 2. The molecule has 0 aromatic heterocycles. The van der Waals surface area contributed by atoms with Crippen LogP contribution in [0.3, 0.4) is 0 Å². The number of hydrogen-bond donors (Lipinski definition) is 1. The van der Waals surface area contributed by atoms with E-state index in [1.807, 2.05) is 18.2 Å². The zero-order valence-electron chi connectivity index (χ0n) is 10.2. The summed E-state index contributed by atoms with van der Waals surface area (Å²) in [5, 5.41) is 0. The monoisotopic (exact) mass is 299 g/mol. The standard InChI is InChI=1S/C13H18BrNO2/c1-3-13(8-16-2)7-11(15)10-6-9(14)4-5-12(10)17-13/h4-6,11H,3,7-8,15H2,1-2H3. The van der Waals surface area contributed by atoms with Gasteiger partial charge in [-0.2, -0.15) is 0 Å². The second-order valence-corrected chi connectivity index (χ2v) is 5.48. The zero-order chi connectivity index (χ0) is 12.5. The van der Waals surface area contributed by atoms with Crippen molar-refractivity contribution in [1.29, 1.82) is 0 Å². The Morgan fingerprint density at radius 2 is 2.35 bits per heavy atom. The molecule has 0 spiro atoms. The average Bonchev–Trinajstić information content (AvgIpc) is 2.31. The molecule has 17 heavy (non-hydrogen) atoms. The summed E-state index contributed by atoms with van der Waals surface area (Å²) in [4.78, 5) is 0. The maximum Gasteiger partial charge on any atom is 0.134 e. The van der Waals surface area contributed by atoms with E-state index in [0.29, 0.717) is 6.61 Å². The van der Waals surface area contributed by atoms with Gasteiger partial charge in [0.05, 0.1) is 6.61 Å². The number of hydrogen-bond acceptors (Lipinski definition) is 3. The second-order valence-electron chi connectivity index (χ2n) is 4.56. The fourth-order valence-corrected chi connectivity index (χ4v) is 2.74. The Kier molecular flexibility index (Phi) is 3.76. The number of halogens is 1. The Labute approximate surface area is 110 Å². The van der Waals surface area contributed by atoms with Gasteiger partial charge in [0.25, 0.3) is 0 Å². The minimum absolute atomic E-state index is 0.00588. The Hall–Kier alpha value is -0.580. The van der Waals surface area contributed by atoms with Gasteiger partial charge in [0.1, 0.15) is 11.4 Å². The third kappa shape index (κ3) is 2.49. The molecule has 1 aromatic carbocycles. The predicted molar refractivity (Wildman–Crippen MR) is 71.2 cm³/mol. The van der Waals surface area contributed by atoms with Crippen LogP contribution in [0.1, 0.15) is 31.4 Å². The van der Waals surface area contributed by atoms with Crippen molar-refractivity contribution in [2.24, 2.45) is 5.73 Å². The first-order chi connectivity index (χ1) is 8.10. The number of benzene rings is 1. The van der Waals surface area contributed by atoms with Crippen molar-refractivity contribution in [3.05, 3.63) is 28.2 Å². The van der Waals surface area contributed by atoms with Gasteiger partial charge >= 0.3 is 0 Å². The van der Waals surface area contributed by atoms with Crippen molar-refractivity contribution in [1.82, 2.24) is 0 Å². The lowest BCUT2D eigenvalue weighted by Gasteiger charge is -2.40. The van der Waals surface area contributed by atoms with Crippen LogP contribution in [0.25, 0.3) is 0 Å². The van der Waals surface area contributed by atoms with Gasteiger partial charge in [-0.15, -0.1) is 0 Å². The van der Waals surface area contributed by atoms with Gasteiger partial charge in [0.15, 0.2) is 0 Å². The Balaban J connectivity index is 2.35. The molecule has 2 atom stereocenters. The van der Waals surface area contributed by atoms with Gasteiger partial charge < -0.3 is 15.2 Å². The minimum atomic E-state index is -0.283. The molecule has 2 N–H and O–H groups in total. The van der Waals surface area contributed by atoms with Crippen molar-refractivity contribution < 1.29 is 9.47 Å². The molecule has 2 unspecified atom stereocenters. The molecule has 1 aromatic rings. The van der Waals surface area contributed by atoms with E-state index in [1.54, 1.807) is 7.11 Å². The van der Waals surface area contributed by atoms with Gasteiger partial charge in [-0.25, -0.2) is 0 Å². The molecule has 0 fully saturated rings. The Morgan fingerprint density at radius 3 is 3.00 bits per heavy atom. The van der Waals surface area contributed by atoms with Crippen molar-refractivity contribution in [3.63, 3.8) is 0 Å². The topological polar surface area (TPSA) is 44.5 Å². The summed E-state index contributed by atoms with van der Waals surface area (Å²) in [5.41, 5.74) is 7.03. The van der Waals surface area contributed by atoms with Crippen molar-refractivity contribution >= 4 is 15.9 Å². The van der Waals surface area contributed by atoms with Crippen LogP contribution in [0.4, 0.5) is 0 Å². The summed E-state index contributed by atoms with van der Waals surface area (Å²) in [6.07, 6.45) is 1.69. The van der Waals surface area contributed by atoms with Crippen molar-refractivity contribution in [3.8, 4) is 5.75 Å². The maximum atomic E-state index is 6.24. The summed E-state index contributed by atoms with van der Waals surface area (Å²) >= 11 is 3.46. The van der Waals surface area contributed by atoms with Crippen LogP contribution in [0.5, 0.6) is 5.75 Å². The molecular weight excluding hydrogens is 282 g/mol. The van der Waals surface area contributed by atoms with Gasteiger partial charge in [-0.3, -0.25) is 0 Å². The smallest absolute Gasteiger partial charge is 0.134 e. The summed E-state index contributed by atoms with van der Waals surface area (Å²) in [6.45, 7) is 2.68. The molecule has 94 valence electrons. The van der Waals surface area contributed by atoms with Gasteiger partial charge in [0.2, 0.25) is 0 Å². The van der Waals surface area contributed by atoms with Crippen LogP contribution in [0.2, 0.25) is 0 Å². The van der Waals surface area contributed by atoms with E-state index < -0.39 is 0 Å². The van der Waals surface area contributed by atoms with Crippen LogP contribution >= 0.6 is 15.9 Å². The highest BCUT2D eigenvalue weighted by atomic mass is 79.9. The molecular formula is C13H18BrNO2. The lowest BCUT2D eigenvalue weighted by molar-refractivity contribution is -0.0337. The van der Waals surface area contributed by atoms with Gasteiger partial charge in [-0.05, 0) is 24.6 Å². The molecule has 1 aliphatic rings. The molecule has 0 radical (unpaired) electrons. The molecule has 2 rings (SSSR count). The highest BCUT2D eigenvalue weighted by Gasteiger charge is 2.38. The molecule has 1 aliphatic heterocycles. The SMILES string of the molecule is CCC1(COC)CC(N)c2cc(Br)ccc2O1. The zero-order valence-corrected chi connectivity index (χ0v) is 11.8. The lowest BCUT2D eigenvalue weighted by Crippen LogP contribution is -2.46. The summed E-state index contributed by atoms with van der Waals surface area (Å²) in [6, 6.07) is 5.99. The first-order valence-corrected chi connectivity index (χ1v) is 6.62. The van der Waals surface area contributed by atoms with Crippen molar-refractivity contribution in [2.45, 2.75) is 31.4 Å². The van der Waals surface area contributed by atoms with Crippen LogP contribution < -0.4 is 10.5 Å². The largest absolute Gasteiger partial charge is 0.484 e. The number of methoxy groups -OCH3 is 1. The summed E-state index contributed by atoms with van der Waals surface area (Å²) in [5.74, 6) is 0.880. The van der Waals surface area contributed by atoms with E-state index in [1.165, 1.54) is 0 Å². The maximum absolute atomic E-state index is 6.24. The number of nitrogens with two attached hydrogens (primary N) is 1. The first-order valence-electron chi connectivity index (χ1n) is 5.83. The number of rotatable bonds is 3. The van der Waals surface area contributed by atoms with Crippen LogP contribution in [-0.4, -0.2) is 19.3 Å². The van der Waals surface area contributed by atoms with Crippen LogP contribution in [-0.2, 0) is 4.74 Å². The van der Waals surface area contributed by atoms with E-state index in [9.17, 15) is 0 Å². The van der Waals surface area contributed by atoms with Gasteiger partial charge in [0, 0.05) is 29.6 Å². The predicted octanol–water partition coefficient (Wildman–Crippen LogP) is 3.03. The third-order valence-corrected chi connectivity index (χ3v) is 3.83. The van der Waals surface area contributed by atoms with Crippen molar-refractivity contribution in [2.75, 3.05) is 13.7 Å². The van der Waals surface area contributed by atoms with E-state index in [0.717, 1.165) is 28.6 Å². The fraction of sp³-hybridized carbons (Fsp3) is 0.538. The molecule has 0 saturated carbocycles. The van der Waals surface area contributed by atoms with E-state index in [-0.39, 0.29) is 11.6 Å². The minimum Gasteiger partial charge on any atom is -0.484 e. The lowest BCUT2D eigenvalue weighted by atomic mass is 9.86. The van der Waals surface area contributed by atoms with E-state index in [4.69, 9.17) is 15.2 Å². The third-order valence-electron chi connectivity index (χ3n) is 3.34. The molecule has 0 amide bonds. The average molecular weight is 300 g/mol. The van der Waals surface area contributed by atoms with E-state index >= 15 is 0 Å². The molecule has 0 saturated heterocycles. The highest BCUT2D eigenvalue weighted by Crippen LogP contribution is 2.41. The Bertz CT molecular complexity index is 410. The molecule has 3 nitrogen and oxygen atoms in total.